The maximum absolute atomic E-state index is 10.5. The summed E-state index contributed by atoms with van der Waals surface area (Å²) in [5.41, 5.74) is -0.0776. The lowest BCUT2D eigenvalue weighted by Gasteiger charge is -2.06. The average molecular weight is 210 g/mol. The third-order valence-corrected chi connectivity index (χ3v) is 1.80. The molecule has 82 valence electrons. The van der Waals surface area contributed by atoms with Gasteiger partial charge in [0.15, 0.2) is 5.69 Å². The number of carboxylic acid groups (broad SMARTS) is 1. The Labute approximate surface area is 88.1 Å². The second-order valence-corrected chi connectivity index (χ2v) is 3.59. The van der Waals surface area contributed by atoms with Crippen molar-refractivity contribution in [3.05, 3.63) is 17.8 Å². The fourth-order valence-corrected chi connectivity index (χ4v) is 0.910. The molecule has 1 aromatic rings. The van der Waals surface area contributed by atoms with Crippen LogP contribution in [0.2, 0.25) is 0 Å². The quantitative estimate of drug-likeness (QED) is 0.799. The highest BCUT2D eigenvalue weighted by atomic mass is 16.5. The summed E-state index contributed by atoms with van der Waals surface area (Å²) in [6.07, 6.45) is 0.933. The monoisotopic (exact) mass is 210 g/mol. The SMILES string of the molecule is CC(C)CCOc1ccc(C(=O)O)nn1. The second kappa shape index (κ2) is 5.29. The molecule has 0 spiro atoms. The Hall–Kier alpha value is -1.65. The number of carboxylic acids is 1. The van der Waals surface area contributed by atoms with E-state index in [4.69, 9.17) is 9.84 Å². The Bertz CT molecular complexity index is 322. The Balaban J connectivity index is 2.46. The fourth-order valence-electron chi connectivity index (χ4n) is 0.910. The van der Waals surface area contributed by atoms with E-state index in [2.05, 4.69) is 24.0 Å². The Morgan fingerprint density at radius 2 is 2.20 bits per heavy atom. The van der Waals surface area contributed by atoms with Crippen LogP contribution in [0.25, 0.3) is 0 Å². The molecule has 0 saturated carbocycles. The van der Waals surface area contributed by atoms with Crippen molar-refractivity contribution in [1.29, 1.82) is 0 Å². The van der Waals surface area contributed by atoms with Gasteiger partial charge in [-0.2, -0.15) is 0 Å². The molecule has 0 radical (unpaired) electrons. The molecule has 0 amide bonds. The largest absolute Gasteiger partial charge is 0.477 e. The van der Waals surface area contributed by atoms with E-state index in [1.165, 1.54) is 12.1 Å². The molecule has 0 aliphatic rings. The maximum Gasteiger partial charge on any atom is 0.356 e. The number of aromatic carboxylic acids is 1. The number of aromatic nitrogens is 2. The molecule has 5 heteroatoms. The van der Waals surface area contributed by atoms with Crippen LogP contribution in [0, 0.1) is 5.92 Å². The number of hydrogen-bond acceptors (Lipinski definition) is 4. The van der Waals surface area contributed by atoms with Crippen LogP contribution in [0.5, 0.6) is 5.88 Å². The molecular formula is C10H14N2O3. The molecule has 0 aliphatic carbocycles. The number of hydrogen-bond donors (Lipinski definition) is 1. The summed E-state index contributed by atoms with van der Waals surface area (Å²) in [6, 6.07) is 2.89. The molecule has 0 fully saturated rings. The van der Waals surface area contributed by atoms with Crippen molar-refractivity contribution >= 4 is 5.97 Å². The summed E-state index contributed by atoms with van der Waals surface area (Å²) < 4.78 is 5.29. The lowest BCUT2D eigenvalue weighted by Crippen LogP contribution is -2.06. The van der Waals surface area contributed by atoms with E-state index < -0.39 is 5.97 Å². The standard InChI is InChI=1S/C10H14N2O3/c1-7(2)5-6-15-9-4-3-8(10(13)14)11-12-9/h3-4,7H,5-6H2,1-2H3,(H,13,14). The number of nitrogens with zero attached hydrogens (tertiary/aromatic N) is 2. The first-order valence-corrected chi connectivity index (χ1v) is 4.79. The molecule has 0 aliphatic heterocycles. The van der Waals surface area contributed by atoms with Crippen LogP contribution in [0.1, 0.15) is 30.8 Å². The number of rotatable bonds is 5. The third-order valence-electron chi connectivity index (χ3n) is 1.80. The zero-order chi connectivity index (χ0) is 11.3. The van der Waals surface area contributed by atoms with Gasteiger partial charge in [-0.25, -0.2) is 4.79 Å². The Morgan fingerprint density at radius 1 is 1.47 bits per heavy atom. The van der Waals surface area contributed by atoms with Gasteiger partial charge < -0.3 is 9.84 Å². The predicted molar refractivity (Wildman–Crippen MR) is 53.9 cm³/mol. The average Bonchev–Trinajstić information content (AvgIpc) is 2.18. The van der Waals surface area contributed by atoms with Crippen LogP contribution in [-0.4, -0.2) is 27.9 Å². The molecule has 15 heavy (non-hydrogen) atoms. The predicted octanol–water partition coefficient (Wildman–Crippen LogP) is 1.60. The van der Waals surface area contributed by atoms with Crippen molar-refractivity contribution in [1.82, 2.24) is 10.2 Å². The van der Waals surface area contributed by atoms with E-state index in [0.29, 0.717) is 18.4 Å². The van der Waals surface area contributed by atoms with Crippen molar-refractivity contribution in [3.8, 4) is 5.88 Å². The highest BCUT2D eigenvalue weighted by molar-refractivity contribution is 5.84. The first kappa shape index (κ1) is 11.4. The topological polar surface area (TPSA) is 72.3 Å². The molecule has 1 heterocycles. The van der Waals surface area contributed by atoms with Gasteiger partial charge >= 0.3 is 5.97 Å². The molecule has 5 nitrogen and oxygen atoms in total. The normalized spacial score (nSPS) is 10.3. The fraction of sp³-hybridized carbons (Fsp3) is 0.500. The number of carbonyl (C=O) groups is 1. The highest BCUT2D eigenvalue weighted by Crippen LogP contribution is 2.07. The van der Waals surface area contributed by atoms with Gasteiger partial charge in [0.1, 0.15) is 0 Å². The van der Waals surface area contributed by atoms with Crippen molar-refractivity contribution in [2.75, 3.05) is 6.61 Å². The summed E-state index contributed by atoms with van der Waals surface area (Å²) in [6.45, 7) is 4.77. The summed E-state index contributed by atoms with van der Waals surface area (Å²) in [5.74, 6) is -0.159. The van der Waals surface area contributed by atoms with Gasteiger partial charge in [-0.1, -0.05) is 13.8 Å². The summed E-state index contributed by atoms with van der Waals surface area (Å²) in [4.78, 5) is 10.5. The number of ether oxygens (including phenoxy) is 1. The summed E-state index contributed by atoms with van der Waals surface area (Å²) in [7, 11) is 0. The second-order valence-electron chi connectivity index (χ2n) is 3.59. The zero-order valence-corrected chi connectivity index (χ0v) is 8.80. The maximum atomic E-state index is 10.5. The third kappa shape index (κ3) is 3.93. The molecule has 0 aromatic carbocycles. The first-order valence-electron chi connectivity index (χ1n) is 4.79. The van der Waals surface area contributed by atoms with Gasteiger partial charge in [-0.3, -0.25) is 0 Å². The minimum atomic E-state index is -1.09. The van der Waals surface area contributed by atoms with Gasteiger partial charge in [0.05, 0.1) is 6.61 Å². The Kier molecular flexibility index (Phi) is 4.03. The van der Waals surface area contributed by atoms with Crippen LogP contribution in [-0.2, 0) is 0 Å². The minimum absolute atomic E-state index is 0.0776. The summed E-state index contributed by atoms with van der Waals surface area (Å²) in [5, 5.41) is 15.7. The molecule has 0 unspecified atom stereocenters. The smallest absolute Gasteiger partial charge is 0.356 e. The first-order chi connectivity index (χ1) is 7.09. The highest BCUT2D eigenvalue weighted by Gasteiger charge is 2.05. The van der Waals surface area contributed by atoms with Crippen LogP contribution in [0.15, 0.2) is 12.1 Å². The van der Waals surface area contributed by atoms with Gasteiger partial charge in [-0.05, 0) is 18.4 Å². The van der Waals surface area contributed by atoms with E-state index in [1.807, 2.05) is 0 Å². The Morgan fingerprint density at radius 3 is 2.67 bits per heavy atom. The molecule has 0 atom stereocenters. The van der Waals surface area contributed by atoms with Crippen LogP contribution in [0.4, 0.5) is 0 Å². The van der Waals surface area contributed by atoms with E-state index in [-0.39, 0.29) is 5.69 Å². The lowest BCUT2D eigenvalue weighted by molar-refractivity contribution is 0.0689. The van der Waals surface area contributed by atoms with E-state index >= 15 is 0 Å². The van der Waals surface area contributed by atoms with E-state index in [9.17, 15) is 4.79 Å². The van der Waals surface area contributed by atoms with Crippen molar-refractivity contribution in [3.63, 3.8) is 0 Å². The van der Waals surface area contributed by atoms with Crippen molar-refractivity contribution in [2.24, 2.45) is 5.92 Å². The minimum Gasteiger partial charge on any atom is -0.477 e. The molecule has 0 bridgehead atoms. The van der Waals surface area contributed by atoms with E-state index in [1.54, 1.807) is 0 Å². The summed E-state index contributed by atoms with van der Waals surface area (Å²) >= 11 is 0. The van der Waals surface area contributed by atoms with Crippen molar-refractivity contribution in [2.45, 2.75) is 20.3 Å². The van der Waals surface area contributed by atoms with Gasteiger partial charge in [0.2, 0.25) is 5.88 Å². The van der Waals surface area contributed by atoms with Gasteiger partial charge in [-0.15, -0.1) is 10.2 Å². The van der Waals surface area contributed by atoms with Crippen LogP contribution >= 0.6 is 0 Å². The van der Waals surface area contributed by atoms with Crippen molar-refractivity contribution < 1.29 is 14.6 Å². The van der Waals surface area contributed by atoms with Gasteiger partial charge in [0.25, 0.3) is 0 Å². The molecular weight excluding hydrogens is 196 g/mol. The zero-order valence-electron chi connectivity index (χ0n) is 8.80. The molecule has 1 N–H and O–H groups in total. The molecule has 1 aromatic heterocycles. The lowest BCUT2D eigenvalue weighted by atomic mass is 10.1. The molecule has 1 rings (SSSR count). The van der Waals surface area contributed by atoms with Gasteiger partial charge in [0, 0.05) is 6.07 Å². The molecule has 0 saturated heterocycles. The van der Waals surface area contributed by atoms with E-state index in [0.717, 1.165) is 6.42 Å². The van der Waals surface area contributed by atoms with Crippen LogP contribution < -0.4 is 4.74 Å². The van der Waals surface area contributed by atoms with Crippen LogP contribution in [0.3, 0.4) is 0 Å².